The number of halogens is 1. The lowest BCUT2D eigenvalue weighted by molar-refractivity contribution is -0.127. The molecular weight excluding hydrogens is 398 g/mol. The number of carbonyl (C=O) groups is 2. The van der Waals surface area contributed by atoms with Crippen LogP contribution in [0, 0.1) is 0 Å². The highest BCUT2D eigenvalue weighted by molar-refractivity contribution is 8.15. The van der Waals surface area contributed by atoms with Crippen LogP contribution in [0.5, 0.6) is 5.75 Å². The first kappa shape index (κ1) is 20.2. The number of amidine groups is 1. The summed E-state index contributed by atoms with van der Waals surface area (Å²) >= 11 is 7.17. The number of rotatable bonds is 6. The number of ether oxygens (including phenoxy) is 1. The van der Waals surface area contributed by atoms with Crippen LogP contribution in [0.1, 0.15) is 13.3 Å². The number of anilines is 1. The Kier molecular flexibility index (Phi) is 6.59. The molecule has 2 amide bonds. The Morgan fingerprint density at radius 2 is 1.96 bits per heavy atom. The van der Waals surface area contributed by atoms with E-state index in [1.54, 1.807) is 43.4 Å². The topological polar surface area (TPSA) is 71.0 Å². The molecule has 1 fully saturated rings. The van der Waals surface area contributed by atoms with Crippen LogP contribution in [-0.4, -0.2) is 40.8 Å². The van der Waals surface area contributed by atoms with Gasteiger partial charge < -0.3 is 10.1 Å². The lowest BCUT2D eigenvalue weighted by atomic mass is 10.2. The monoisotopic (exact) mass is 417 g/mol. The van der Waals surface area contributed by atoms with Crippen molar-refractivity contribution in [1.29, 1.82) is 0 Å². The highest BCUT2D eigenvalue weighted by atomic mass is 35.5. The average molecular weight is 418 g/mol. The highest BCUT2D eigenvalue weighted by Crippen LogP contribution is 2.31. The van der Waals surface area contributed by atoms with Gasteiger partial charge in [0.25, 0.3) is 0 Å². The van der Waals surface area contributed by atoms with Gasteiger partial charge in [-0.2, -0.15) is 0 Å². The first-order valence-electron chi connectivity index (χ1n) is 8.78. The van der Waals surface area contributed by atoms with Crippen molar-refractivity contribution < 1.29 is 14.3 Å². The van der Waals surface area contributed by atoms with Gasteiger partial charge in [-0.15, -0.1) is 0 Å². The van der Waals surface area contributed by atoms with E-state index in [0.717, 1.165) is 0 Å². The van der Waals surface area contributed by atoms with E-state index in [2.05, 4.69) is 10.3 Å². The van der Waals surface area contributed by atoms with E-state index in [4.69, 9.17) is 16.3 Å². The van der Waals surface area contributed by atoms with Crippen molar-refractivity contribution in [2.45, 2.75) is 18.6 Å². The number of benzene rings is 2. The normalized spacial score (nSPS) is 17.8. The standard InChI is InChI=1S/C20H20ClN3O3S/c1-3-27-16-7-5-4-6-15(16)23-18(25)12-17-19(26)24(2)20(28-17)22-14-10-8-13(21)9-11-14/h4-11,17H,3,12H2,1-2H3,(H,23,25)/t17-/m1/s1. The second kappa shape index (κ2) is 9.12. The number of para-hydroxylation sites is 2. The van der Waals surface area contributed by atoms with Crippen LogP contribution in [0.4, 0.5) is 11.4 Å². The number of amides is 2. The number of thioether (sulfide) groups is 1. The molecule has 1 aliphatic heterocycles. The number of nitrogens with one attached hydrogen (secondary N) is 1. The van der Waals surface area contributed by atoms with E-state index < -0.39 is 5.25 Å². The van der Waals surface area contributed by atoms with Gasteiger partial charge in [-0.05, 0) is 43.3 Å². The fraction of sp³-hybridized carbons (Fsp3) is 0.250. The van der Waals surface area contributed by atoms with Gasteiger partial charge in [-0.25, -0.2) is 4.99 Å². The smallest absolute Gasteiger partial charge is 0.242 e. The molecule has 8 heteroatoms. The Morgan fingerprint density at radius 1 is 1.25 bits per heavy atom. The molecule has 0 aromatic heterocycles. The second-order valence-corrected chi connectivity index (χ2v) is 7.66. The summed E-state index contributed by atoms with van der Waals surface area (Å²) in [6.45, 7) is 2.38. The quantitative estimate of drug-likeness (QED) is 0.759. The van der Waals surface area contributed by atoms with Gasteiger partial charge in [-0.1, -0.05) is 35.5 Å². The molecule has 1 heterocycles. The maximum atomic E-state index is 12.5. The van der Waals surface area contributed by atoms with Crippen LogP contribution in [0.15, 0.2) is 53.5 Å². The summed E-state index contributed by atoms with van der Waals surface area (Å²) < 4.78 is 5.51. The van der Waals surface area contributed by atoms with Crippen molar-refractivity contribution in [2.24, 2.45) is 4.99 Å². The molecule has 146 valence electrons. The molecule has 0 bridgehead atoms. The van der Waals surface area contributed by atoms with Gasteiger partial charge in [0.05, 0.1) is 18.0 Å². The maximum Gasteiger partial charge on any atom is 0.242 e. The van der Waals surface area contributed by atoms with Crippen molar-refractivity contribution >= 4 is 51.7 Å². The zero-order valence-corrected chi connectivity index (χ0v) is 17.1. The van der Waals surface area contributed by atoms with Gasteiger partial charge in [0.15, 0.2) is 5.17 Å². The number of hydrogen-bond donors (Lipinski definition) is 1. The first-order chi connectivity index (χ1) is 13.5. The molecule has 0 radical (unpaired) electrons. The molecule has 28 heavy (non-hydrogen) atoms. The summed E-state index contributed by atoms with van der Waals surface area (Å²) in [7, 11) is 1.66. The van der Waals surface area contributed by atoms with Crippen LogP contribution in [0.2, 0.25) is 5.02 Å². The Hall–Kier alpha value is -2.51. The van der Waals surface area contributed by atoms with Crippen LogP contribution < -0.4 is 10.1 Å². The van der Waals surface area contributed by atoms with E-state index in [0.29, 0.717) is 33.9 Å². The molecule has 0 aliphatic carbocycles. The summed E-state index contributed by atoms with van der Waals surface area (Å²) in [4.78, 5) is 31.0. The fourth-order valence-corrected chi connectivity index (χ4v) is 3.92. The van der Waals surface area contributed by atoms with Gasteiger partial charge in [0.2, 0.25) is 11.8 Å². The molecule has 1 aliphatic rings. The van der Waals surface area contributed by atoms with Gasteiger partial charge in [-0.3, -0.25) is 14.5 Å². The number of hydrogen-bond acceptors (Lipinski definition) is 5. The SMILES string of the molecule is CCOc1ccccc1NC(=O)C[C@H]1SC(=Nc2ccc(Cl)cc2)N(C)C1=O. The predicted octanol–water partition coefficient (Wildman–Crippen LogP) is 4.33. The molecule has 2 aromatic carbocycles. The van der Waals surface area contributed by atoms with E-state index in [1.165, 1.54) is 16.7 Å². The van der Waals surface area contributed by atoms with Gasteiger partial charge in [0, 0.05) is 18.5 Å². The average Bonchev–Trinajstić information content (AvgIpc) is 2.93. The Labute approximate surface area is 172 Å². The molecule has 6 nitrogen and oxygen atoms in total. The van der Waals surface area contributed by atoms with Crippen LogP contribution in [0.3, 0.4) is 0 Å². The molecule has 3 rings (SSSR count). The van der Waals surface area contributed by atoms with Crippen LogP contribution >= 0.6 is 23.4 Å². The summed E-state index contributed by atoms with van der Waals surface area (Å²) in [5.41, 5.74) is 1.29. The number of nitrogens with zero attached hydrogens (tertiary/aromatic N) is 2. The molecule has 1 N–H and O–H groups in total. The van der Waals surface area contributed by atoms with E-state index in [-0.39, 0.29) is 18.2 Å². The Morgan fingerprint density at radius 3 is 2.68 bits per heavy atom. The number of carbonyl (C=O) groups excluding carboxylic acids is 2. The highest BCUT2D eigenvalue weighted by Gasteiger charge is 2.37. The van der Waals surface area contributed by atoms with Crippen molar-refractivity contribution in [3.05, 3.63) is 53.6 Å². The van der Waals surface area contributed by atoms with Gasteiger partial charge >= 0.3 is 0 Å². The Balaban J connectivity index is 1.67. The van der Waals surface area contributed by atoms with Crippen molar-refractivity contribution in [2.75, 3.05) is 19.0 Å². The second-order valence-electron chi connectivity index (χ2n) is 6.06. The largest absolute Gasteiger partial charge is 0.492 e. The van der Waals surface area contributed by atoms with Crippen molar-refractivity contribution in [1.82, 2.24) is 4.90 Å². The maximum absolute atomic E-state index is 12.5. The third-order valence-electron chi connectivity index (χ3n) is 4.02. The van der Waals surface area contributed by atoms with Crippen LogP contribution in [-0.2, 0) is 9.59 Å². The molecule has 1 atom stereocenters. The molecular formula is C20H20ClN3O3S. The van der Waals surface area contributed by atoms with E-state index in [9.17, 15) is 9.59 Å². The minimum atomic E-state index is -0.518. The predicted molar refractivity (Wildman–Crippen MR) is 114 cm³/mol. The molecule has 0 spiro atoms. The fourth-order valence-electron chi connectivity index (χ4n) is 2.64. The summed E-state index contributed by atoms with van der Waals surface area (Å²) in [6.07, 6.45) is 0.0495. The lowest BCUT2D eigenvalue weighted by Crippen LogP contribution is -2.30. The first-order valence-corrected chi connectivity index (χ1v) is 10.0. The minimum Gasteiger partial charge on any atom is -0.492 e. The van der Waals surface area contributed by atoms with Crippen molar-refractivity contribution in [3.63, 3.8) is 0 Å². The minimum absolute atomic E-state index is 0.0495. The molecule has 0 saturated carbocycles. The third-order valence-corrected chi connectivity index (χ3v) is 5.50. The third kappa shape index (κ3) is 4.85. The summed E-state index contributed by atoms with van der Waals surface area (Å²) in [5, 5.41) is 3.48. The zero-order chi connectivity index (χ0) is 20.1. The zero-order valence-electron chi connectivity index (χ0n) is 15.5. The number of aliphatic imine (C=N–C) groups is 1. The van der Waals surface area contributed by atoms with E-state index >= 15 is 0 Å². The lowest BCUT2D eigenvalue weighted by Gasteiger charge is -2.12. The Bertz CT molecular complexity index is 902. The van der Waals surface area contributed by atoms with E-state index in [1.807, 2.05) is 19.1 Å². The molecule has 0 unspecified atom stereocenters. The van der Waals surface area contributed by atoms with Crippen molar-refractivity contribution in [3.8, 4) is 5.75 Å². The molecule has 1 saturated heterocycles. The summed E-state index contributed by atoms with van der Waals surface area (Å²) in [5.74, 6) is 0.205. The van der Waals surface area contributed by atoms with Crippen LogP contribution in [0.25, 0.3) is 0 Å². The van der Waals surface area contributed by atoms with Gasteiger partial charge in [0.1, 0.15) is 11.0 Å². The summed E-state index contributed by atoms with van der Waals surface area (Å²) in [6, 6.07) is 14.2. The molecule has 2 aromatic rings.